The number of nitrogens with zero attached hydrogens (tertiary/aromatic N) is 3. The molecule has 0 bridgehead atoms. The molecule has 1 heterocycles. The molecule has 0 amide bonds. The number of nitro benzene ring substituents is 1. The van der Waals surface area contributed by atoms with Crippen LogP contribution in [0.1, 0.15) is 12.5 Å². The number of benzene rings is 2. The lowest BCUT2D eigenvalue weighted by Crippen LogP contribution is -2.48. The van der Waals surface area contributed by atoms with Gasteiger partial charge in [-0.25, -0.2) is 8.42 Å². The van der Waals surface area contributed by atoms with Crippen LogP contribution in [0.5, 0.6) is 5.75 Å². The summed E-state index contributed by atoms with van der Waals surface area (Å²) in [6, 6.07) is 12.9. The largest absolute Gasteiger partial charge is 0.494 e. The summed E-state index contributed by atoms with van der Waals surface area (Å²) in [6.07, 6.45) is 0. The van der Waals surface area contributed by atoms with Crippen LogP contribution in [0.2, 0.25) is 0 Å². The smallest absolute Gasteiger partial charge is 0.269 e. The number of rotatable bonds is 7. The molecular weight excluding hydrogens is 382 g/mol. The van der Waals surface area contributed by atoms with E-state index in [-0.39, 0.29) is 10.6 Å². The van der Waals surface area contributed by atoms with Gasteiger partial charge < -0.3 is 4.74 Å². The van der Waals surface area contributed by atoms with E-state index < -0.39 is 14.9 Å². The van der Waals surface area contributed by atoms with E-state index >= 15 is 0 Å². The van der Waals surface area contributed by atoms with E-state index in [0.29, 0.717) is 32.8 Å². The van der Waals surface area contributed by atoms with Crippen molar-refractivity contribution in [1.29, 1.82) is 0 Å². The predicted octanol–water partition coefficient (Wildman–Crippen LogP) is 2.50. The van der Waals surface area contributed by atoms with Gasteiger partial charge in [0.25, 0.3) is 5.69 Å². The fourth-order valence-electron chi connectivity index (χ4n) is 3.13. The van der Waals surface area contributed by atoms with Gasteiger partial charge in [-0.2, -0.15) is 4.31 Å². The summed E-state index contributed by atoms with van der Waals surface area (Å²) < 4.78 is 32.4. The highest BCUT2D eigenvalue weighted by Gasteiger charge is 2.28. The van der Waals surface area contributed by atoms with Gasteiger partial charge >= 0.3 is 0 Å². The average molecular weight is 405 g/mol. The predicted molar refractivity (Wildman–Crippen MR) is 105 cm³/mol. The van der Waals surface area contributed by atoms with Crippen LogP contribution in [-0.2, 0) is 16.6 Å². The first kappa shape index (κ1) is 20.2. The van der Waals surface area contributed by atoms with Crippen molar-refractivity contribution in [3.05, 3.63) is 64.2 Å². The second kappa shape index (κ2) is 8.68. The molecule has 1 saturated heterocycles. The monoisotopic (exact) mass is 405 g/mol. The molecule has 0 aliphatic carbocycles. The Kier molecular flexibility index (Phi) is 6.28. The quantitative estimate of drug-likeness (QED) is 0.519. The highest BCUT2D eigenvalue weighted by atomic mass is 32.2. The minimum absolute atomic E-state index is 0.0815. The maximum absolute atomic E-state index is 12.8. The van der Waals surface area contributed by atoms with Gasteiger partial charge in [0.1, 0.15) is 5.75 Å². The van der Waals surface area contributed by atoms with Gasteiger partial charge in [-0.05, 0) is 36.8 Å². The normalized spacial score (nSPS) is 16.0. The molecule has 0 radical (unpaired) electrons. The molecule has 0 spiro atoms. The minimum Gasteiger partial charge on any atom is -0.494 e. The Labute approximate surface area is 164 Å². The molecule has 8 nitrogen and oxygen atoms in total. The molecule has 1 fully saturated rings. The third-order valence-electron chi connectivity index (χ3n) is 4.66. The molecule has 2 aromatic carbocycles. The van der Waals surface area contributed by atoms with E-state index in [2.05, 4.69) is 4.90 Å². The van der Waals surface area contributed by atoms with Crippen LogP contribution in [0.3, 0.4) is 0 Å². The average Bonchev–Trinajstić information content (AvgIpc) is 2.70. The summed E-state index contributed by atoms with van der Waals surface area (Å²) in [4.78, 5) is 12.5. The number of ether oxygens (including phenoxy) is 1. The first-order valence-electron chi connectivity index (χ1n) is 9.09. The van der Waals surface area contributed by atoms with Crippen molar-refractivity contribution in [2.24, 2.45) is 0 Å². The van der Waals surface area contributed by atoms with E-state index in [1.807, 2.05) is 31.2 Å². The van der Waals surface area contributed by atoms with Gasteiger partial charge in [0.2, 0.25) is 10.0 Å². The standard InChI is InChI=1S/C19H23N3O5S/c1-2-27-18-7-3-16(4-8-18)15-20-11-13-21(14-12-20)28(25,26)19-9-5-17(6-10-19)22(23)24/h3-10H,2,11-15H2,1H3. The van der Waals surface area contributed by atoms with Crippen molar-refractivity contribution < 1.29 is 18.1 Å². The van der Waals surface area contributed by atoms with Gasteiger partial charge in [0, 0.05) is 44.9 Å². The van der Waals surface area contributed by atoms with E-state index in [4.69, 9.17) is 4.74 Å². The van der Waals surface area contributed by atoms with Gasteiger partial charge in [-0.15, -0.1) is 0 Å². The third kappa shape index (κ3) is 4.67. The first-order chi connectivity index (χ1) is 13.4. The lowest BCUT2D eigenvalue weighted by Gasteiger charge is -2.34. The molecule has 9 heteroatoms. The number of non-ortho nitro benzene ring substituents is 1. The highest BCUT2D eigenvalue weighted by molar-refractivity contribution is 7.89. The Hall–Kier alpha value is -2.49. The first-order valence-corrected chi connectivity index (χ1v) is 10.5. The molecule has 0 unspecified atom stereocenters. The lowest BCUT2D eigenvalue weighted by molar-refractivity contribution is -0.384. The van der Waals surface area contributed by atoms with Crippen molar-refractivity contribution >= 4 is 15.7 Å². The van der Waals surface area contributed by atoms with Crippen LogP contribution in [-0.4, -0.2) is 55.3 Å². The van der Waals surface area contributed by atoms with E-state index in [9.17, 15) is 18.5 Å². The Morgan fingerprint density at radius 3 is 2.14 bits per heavy atom. The summed E-state index contributed by atoms with van der Waals surface area (Å²) in [5.74, 6) is 0.838. The van der Waals surface area contributed by atoms with Crippen LogP contribution in [0, 0.1) is 10.1 Å². The molecule has 150 valence electrons. The van der Waals surface area contributed by atoms with E-state index in [0.717, 1.165) is 17.9 Å². The van der Waals surface area contributed by atoms with Crippen molar-refractivity contribution in [3.63, 3.8) is 0 Å². The van der Waals surface area contributed by atoms with Crippen LogP contribution < -0.4 is 4.74 Å². The second-order valence-electron chi connectivity index (χ2n) is 6.51. The minimum atomic E-state index is -3.65. The third-order valence-corrected chi connectivity index (χ3v) is 6.57. The second-order valence-corrected chi connectivity index (χ2v) is 8.45. The van der Waals surface area contributed by atoms with Crippen molar-refractivity contribution in [1.82, 2.24) is 9.21 Å². The van der Waals surface area contributed by atoms with Gasteiger partial charge in [0.15, 0.2) is 0 Å². The van der Waals surface area contributed by atoms with E-state index in [1.165, 1.54) is 28.6 Å². The zero-order chi connectivity index (χ0) is 20.1. The fraction of sp³-hybridized carbons (Fsp3) is 0.368. The molecule has 0 atom stereocenters. The van der Waals surface area contributed by atoms with E-state index in [1.54, 1.807) is 0 Å². The van der Waals surface area contributed by atoms with Gasteiger partial charge in [-0.3, -0.25) is 15.0 Å². The Bertz CT molecular complexity index is 906. The molecule has 2 aromatic rings. The number of hydrogen-bond donors (Lipinski definition) is 0. The van der Waals surface area contributed by atoms with Gasteiger partial charge in [-0.1, -0.05) is 12.1 Å². The van der Waals surface area contributed by atoms with Crippen LogP contribution in [0.25, 0.3) is 0 Å². The van der Waals surface area contributed by atoms with Crippen molar-refractivity contribution in [3.8, 4) is 5.75 Å². The fourth-order valence-corrected chi connectivity index (χ4v) is 4.56. The zero-order valence-corrected chi connectivity index (χ0v) is 16.5. The van der Waals surface area contributed by atoms with Crippen molar-refractivity contribution in [2.45, 2.75) is 18.4 Å². The topological polar surface area (TPSA) is 93.0 Å². The summed E-state index contributed by atoms with van der Waals surface area (Å²) in [6.45, 7) is 5.34. The number of nitro groups is 1. The Morgan fingerprint density at radius 1 is 1.00 bits per heavy atom. The van der Waals surface area contributed by atoms with Crippen molar-refractivity contribution in [2.75, 3.05) is 32.8 Å². The SMILES string of the molecule is CCOc1ccc(CN2CCN(S(=O)(=O)c3ccc([N+](=O)[O-])cc3)CC2)cc1. The summed E-state index contributed by atoms with van der Waals surface area (Å²) >= 11 is 0. The number of sulfonamides is 1. The molecule has 0 N–H and O–H groups in total. The number of hydrogen-bond acceptors (Lipinski definition) is 6. The molecule has 28 heavy (non-hydrogen) atoms. The van der Waals surface area contributed by atoms with Crippen LogP contribution in [0.4, 0.5) is 5.69 Å². The maximum Gasteiger partial charge on any atom is 0.269 e. The summed E-state index contributed by atoms with van der Waals surface area (Å²) in [5.41, 5.74) is 1.02. The molecule has 0 aromatic heterocycles. The number of piperazine rings is 1. The Balaban J connectivity index is 1.58. The zero-order valence-electron chi connectivity index (χ0n) is 15.7. The highest BCUT2D eigenvalue weighted by Crippen LogP contribution is 2.21. The van der Waals surface area contributed by atoms with Crippen LogP contribution >= 0.6 is 0 Å². The molecule has 3 rings (SSSR count). The maximum atomic E-state index is 12.8. The lowest BCUT2D eigenvalue weighted by atomic mass is 10.2. The molecule has 0 saturated carbocycles. The Morgan fingerprint density at radius 2 is 1.61 bits per heavy atom. The molecule has 1 aliphatic heterocycles. The summed E-state index contributed by atoms with van der Waals surface area (Å²) in [5, 5.41) is 10.7. The summed E-state index contributed by atoms with van der Waals surface area (Å²) in [7, 11) is -3.65. The van der Waals surface area contributed by atoms with Crippen LogP contribution in [0.15, 0.2) is 53.4 Å². The van der Waals surface area contributed by atoms with Gasteiger partial charge in [0.05, 0.1) is 16.4 Å². The molecule has 1 aliphatic rings. The molecular formula is C19H23N3O5S.